The van der Waals surface area contributed by atoms with E-state index < -0.39 is 0 Å². The van der Waals surface area contributed by atoms with E-state index in [1.165, 1.54) is 6.33 Å². The first kappa shape index (κ1) is 9.51. The first-order valence-electron chi connectivity index (χ1n) is 4.64. The van der Waals surface area contributed by atoms with Crippen molar-refractivity contribution >= 4 is 5.69 Å². The van der Waals surface area contributed by atoms with Crippen LogP contribution in [0.4, 0.5) is 5.69 Å². The Balaban J connectivity index is 2.08. The van der Waals surface area contributed by atoms with Crippen LogP contribution in [0.3, 0.4) is 0 Å². The van der Waals surface area contributed by atoms with E-state index in [2.05, 4.69) is 25.3 Å². The van der Waals surface area contributed by atoms with Gasteiger partial charge in [0.25, 0.3) is 0 Å². The van der Waals surface area contributed by atoms with Gasteiger partial charge in [-0.1, -0.05) is 0 Å². The van der Waals surface area contributed by atoms with Crippen LogP contribution < -0.4 is 5.32 Å². The summed E-state index contributed by atoms with van der Waals surface area (Å²) in [5, 5.41) is 3.23. The number of hydrogen-bond donors (Lipinski definition) is 1. The third-order valence-corrected chi connectivity index (χ3v) is 1.97. The molecule has 0 aromatic carbocycles. The third kappa shape index (κ3) is 2.46. The molecule has 0 radical (unpaired) electrons. The van der Waals surface area contributed by atoms with Crippen molar-refractivity contribution in [3.8, 4) is 0 Å². The van der Waals surface area contributed by atoms with E-state index >= 15 is 0 Å². The van der Waals surface area contributed by atoms with Crippen LogP contribution in [0.2, 0.25) is 0 Å². The van der Waals surface area contributed by atoms with Crippen molar-refractivity contribution in [2.24, 2.45) is 0 Å². The first-order chi connectivity index (χ1) is 7.36. The third-order valence-electron chi connectivity index (χ3n) is 1.97. The number of anilines is 1. The largest absolute Gasteiger partial charge is 0.374 e. The van der Waals surface area contributed by atoms with Gasteiger partial charge in [0.2, 0.25) is 0 Å². The molecule has 1 N–H and O–H groups in total. The van der Waals surface area contributed by atoms with Crippen LogP contribution in [-0.2, 0) is 0 Å². The summed E-state index contributed by atoms with van der Waals surface area (Å²) in [6.45, 7) is 2.01. The molecule has 76 valence electrons. The summed E-state index contributed by atoms with van der Waals surface area (Å²) in [5.41, 5.74) is 1.76. The van der Waals surface area contributed by atoms with Crippen molar-refractivity contribution in [2.45, 2.75) is 13.0 Å². The molecular weight excluding hydrogens is 190 g/mol. The molecule has 2 heterocycles. The van der Waals surface area contributed by atoms with Crippen LogP contribution in [0.1, 0.15) is 18.7 Å². The fourth-order valence-corrected chi connectivity index (χ4v) is 1.23. The standard InChI is InChI=1S/C10H11N5/c1-8(10-6-11-2-3-14-10)15-9-4-12-7-13-5-9/h2-8,15H,1H3. The monoisotopic (exact) mass is 201 g/mol. The van der Waals surface area contributed by atoms with Gasteiger partial charge >= 0.3 is 0 Å². The van der Waals surface area contributed by atoms with Gasteiger partial charge < -0.3 is 5.32 Å². The molecule has 0 bridgehead atoms. The van der Waals surface area contributed by atoms with Gasteiger partial charge in [0.1, 0.15) is 6.33 Å². The van der Waals surface area contributed by atoms with Crippen LogP contribution in [0.15, 0.2) is 37.3 Å². The summed E-state index contributed by atoms with van der Waals surface area (Å²) in [6, 6.07) is 0.0877. The Morgan fingerprint density at radius 1 is 1.07 bits per heavy atom. The number of nitrogens with zero attached hydrogens (tertiary/aromatic N) is 4. The fourth-order valence-electron chi connectivity index (χ4n) is 1.23. The first-order valence-corrected chi connectivity index (χ1v) is 4.64. The smallest absolute Gasteiger partial charge is 0.115 e. The van der Waals surface area contributed by atoms with Gasteiger partial charge in [0.05, 0.1) is 36.0 Å². The number of aromatic nitrogens is 4. The normalized spacial score (nSPS) is 12.1. The topological polar surface area (TPSA) is 63.6 Å². The van der Waals surface area contributed by atoms with E-state index in [0.717, 1.165) is 11.4 Å². The second-order valence-electron chi connectivity index (χ2n) is 3.12. The molecule has 0 fully saturated rings. The lowest BCUT2D eigenvalue weighted by atomic mass is 10.2. The van der Waals surface area contributed by atoms with Crippen molar-refractivity contribution in [2.75, 3.05) is 5.32 Å². The predicted molar refractivity (Wildman–Crippen MR) is 56.1 cm³/mol. The molecule has 15 heavy (non-hydrogen) atoms. The maximum Gasteiger partial charge on any atom is 0.115 e. The Kier molecular flexibility index (Phi) is 2.82. The van der Waals surface area contributed by atoms with E-state index in [-0.39, 0.29) is 6.04 Å². The molecule has 1 atom stereocenters. The Morgan fingerprint density at radius 2 is 1.87 bits per heavy atom. The molecule has 2 aromatic heterocycles. The Morgan fingerprint density at radius 3 is 2.53 bits per heavy atom. The summed E-state index contributed by atoms with van der Waals surface area (Å²) in [6.07, 6.45) is 10.0. The lowest BCUT2D eigenvalue weighted by Gasteiger charge is -2.12. The van der Waals surface area contributed by atoms with Gasteiger partial charge in [-0.3, -0.25) is 9.97 Å². The van der Waals surface area contributed by atoms with Gasteiger partial charge in [-0.2, -0.15) is 0 Å². The predicted octanol–water partition coefficient (Wildman–Crippen LogP) is 1.44. The minimum absolute atomic E-state index is 0.0877. The molecule has 0 spiro atoms. The van der Waals surface area contributed by atoms with Crippen molar-refractivity contribution in [3.05, 3.63) is 43.0 Å². The molecule has 5 nitrogen and oxygen atoms in total. The van der Waals surface area contributed by atoms with E-state index in [1.807, 2.05) is 6.92 Å². The Labute approximate surface area is 87.6 Å². The summed E-state index contributed by atoms with van der Waals surface area (Å²) < 4.78 is 0. The van der Waals surface area contributed by atoms with Gasteiger partial charge in [0, 0.05) is 12.4 Å². The SMILES string of the molecule is CC(Nc1cncnc1)c1cnccn1. The molecule has 1 unspecified atom stereocenters. The maximum atomic E-state index is 4.21. The molecule has 0 saturated carbocycles. The molecule has 2 aromatic rings. The van der Waals surface area contributed by atoms with Crippen molar-refractivity contribution < 1.29 is 0 Å². The molecule has 2 rings (SSSR count). The van der Waals surface area contributed by atoms with Crippen LogP contribution in [0.5, 0.6) is 0 Å². The zero-order valence-electron chi connectivity index (χ0n) is 8.33. The molecule has 0 aliphatic rings. The van der Waals surface area contributed by atoms with Crippen molar-refractivity contribution in [3.63, 3.8) is 0 Å². The highest BCUT2D eigenvalue weighted by Gasteiger charge is 2.05. The van der Waals surface area contributed by atoms with E-state index in [9.17, 15) is 0 Å². The minimum Gasteiger partial charge on any atom is -0.374 e. The lowest BCUT2D eigenvalue weighted by Crippen LogP contribution is -2.08. The van der Waals surface area contributed by atoms with Crippen LogP contribution >= 0.6 is 0 Å². The minimum atomic E-state index is 0.0877. The zero-order valence-corrected chi connectivity index (χ0v) is 8.33. The lowest BCUT2D eigenvalue weighted by molar-refractivity contribution is 0.824. The second-order valence-corrected chi connectivity index (χ2v) is 3.12. The summed E-state index contributed by atoms with van der Waals surface area (Å²) in [4.78, 5) is 16.1. The van der Waals surface area contributed by atoms with Crippen LogP contribution in [0, 0.1) is 0 Å². The van der Waals surface area contributed by atoms with E-state index in [1.54, 1.807) is 31.0 Å². The molecule has 5 heteroatoms. The van der Waals surface area contributed by atoms with E-state index in [0.29, 0.717) is 0 Å². The van der Waals surface area contributed by atoms with Gasteiger partial charge in [-0.15, -0.1) is 0 Å². The highest BCUT2D eigenvalue weighted by Crippen LogP contribution is 2.14. The molecule has 0 aliphatic carbocycles. The molecular formula is C10H11N5. The van der Waals surface area contributed by atoms with Gasteiger partial charge in [0.15, 0.2) is 0 Å². The highest BCUT2D eigenvalue weighted by molar-refractivity contribution is 5.39. The summed E-state index contributed by atoms with van der Waals surface area (Å²) in [5.74, 6) is 0. The molecule has 0 saturated heterocycles. The molecule has 0 aliphatic heterocycles. The number of hydrogen-bond acceptors (Lipinski definition) is 5. The summed E-state index contributed by atoms with van der Waals surface area (Å²) >= 11 is 0. The Bertz CT molecular complexity index is 403. The summed E-state index contributed by atoms with van der Waals surface area (Å²) in [7, 11) is 0. The number of nitrogens with one attached hydrogen (secondary N) is 1. The zero-order chi connectivity index (χ0) is 10.5. The Hall–Kier alpha value is -2.04. The van der Waals surface area contributed by atoms with Gasteiger partial charge in [-0.25, -0.2) is 9.97 Å². The van der Waals surface area contributed by atoms with Crippen molar-refractivity contribution in [1.29, 1.82) is 0 Å². The van der Waals surface area contributed by atoms with Gasteiger partial charge in [-0.05, 0) is 6.92 Å². The molecule has 0 amide bonds. The van der Waals surface area contributed by atoms with E-state index in [4.69, 9.17) is 0 Å². The second kappa shape index (κ2) is 4.45. The quantitative estimate of drug-likeness (QED) is 0.814. The fraction of sp³-hybridized carbons (Fsp3) is 0.200. The van der Waals surface area contributed by atoms with Crippen LogP contribution in [-0.4, -0.2) is 19.9 Å². The average Bonchev–Trinajstić information content (AvgIpc) is 2.31. The maximum absolute atomic E-state index is 4.21. The van der Waals surface area contributed by atoms with Crippen LogP contribution in [0.25, 0.3) is 0 Å². The van der Waals surface area contributed by atoms with Crippen molar-refractivity contribution in [1.82, 2.24) is 19.9 Å². The highest BCUT2D eigenvalue weighted by atomic mass is 15.0. The average molecular weight is 201 g/mol. The number of rotatable bonds is 3.